The maximum atomic E-state index is 11.1. The van der Waals surface area contributed by atoms with E-state index in [2.05, 4.69) is 23.2 Å². The summed E-state index contributed by atoms with van der Waals surface area (Å²) in [6.07, 6.45) is 1.17. The second-order valence-electron chi connectivity index (χ2n) is 4.34. The van der Waals surface area contributed by atoms with Crippen molar-refractivity contribution in [2.75, 3.05) is 11.9 Å². The third-order valence-corrected chi connectivity index (χ3v) is 2.90. The SMILES string of the molecule is CCCN1Cc2cccc(NC(C)=O)c2C1. The summed E-state index contributed by atoms with van der Waals surface area (Å²) >= 11 is 0. The Kier molecular flexibility index (Phi) is 3.25. The molecule has 1 aliphatic heterocycles. The maximum Gasteiger partial charge on any atom is 0.221 e. The molecule has 1 N–H and O–H groups in total. The number of fused-ring (bicyclic) bond motifs is 1. The second kappa shape index (κ2) is 4.66. The molecular formula is C13H18N2O. The van der Waals surface area contributed by atoms with Gasteiger partial charge in [0.1, 0.15) is 0 Å². The first-order valence-corrected chi connectivity index (χ1v) is 5.81. The Bertz CT molecular complexity index is 401. The summed E-state index contributed by atoms with van der Waals surface area (Å²) in [5.41, 5.74) is 3.61. The van der Waals surface area contributed by atoms with E-state index in [1.54, 1.807) is 6.92 Å². The van der Waals surface area contributed by atoms with Crippen molar-refractivity contribution in [3.05, 3.63) is 29.3 Å². The summed E-state index contributed by atoms with van der Waals surface area (Å²) in [7, 11) is 0. The van der Waals surface area contributed by atoms with Crippen LogP contribution in [0.5, 0.6) is 0 Å². The Morgan fingerprint density at radius 1 is 1.44 bits per heavy atom. The van der Waals surface area contributed by atoms with Crippen LogP contribution in [0.1, 0.15) is 31.4 Å². The van der Waals surface area contributed by atoms with Gasteiger partial charge in [-0.2, -0.15) is 0 Å². The van der Waals surface area contributed by atoms with Crippen LogP contribution in [0, 0.1) is 0 Å². The zero-order chi connectivity index (χ0) is 11.5. The van der Waals surface area contributed by atoms with Gasteiger partial charge < -0.3 is 5.32 Å². The van der Waals surface area contributed by atoms with Crippen LogP contribution in [0.25, 0.3) is 0 Å². The molecule has 1 aromatic carbocycles. The van der Waals surface area contributed by atoms with Crippen LogP contribution in [0.3, 0.4) is 0 Å². The third-order valence-electron chi connectivity index (χ3n) is 2.90. The summed E-state index contributed by atoms with van der Waals surface area (Å²) in [6.45, 7) is 6.83. The molecule has 16 heavy (non-hydrogen) atoms. The molecule has 0 spiro atoms. The molecule has 0 unspecified atom stereocenters. The van der Waals surface area contributed by atoms with Crippen molar-refractivity contribution >= 4 is 11.6 Å². The molecule has 0 bridgehead atoms. The summed E-state index contributed by atoms with van der Waals surface area (Å²) in [4.78, 5) is 13.5. The number of rotatable bonds is 3. The molecule has 1 amide bonds. The number of carbonyl (C=O) groups is 1. The van der Waals surface area contributed by atoms with Crippen LogP contribution >= 0.6 is 0 Å². The molecule has 0 aromatic heterocycles. The van der Waals surface area contributed by atoms with Gasteiger partial charge >= 0.3 is 0 Å². The Balaban J connectivity index is 2.20. The molecule has 1 heterocycles. The average molecular weight is 218 g/mol. The van der Waals surface area contributed by atoms with Crippen molar-refractivity contribution in [3.63, 3.8) is 0 Å². The first-order valence-electron chi connectivity index (χ1n) is 5.81. The van der Waals surface area contributed by atoms with E-state index in [4.69, 9.17) is 0 Å². The van der Waals surface area contributed by atoms with Gasteiger partial charge in [0.15, 0.2) is 0 Å². The molecule has 0 radical (unpaired) electrons. The first kappa shape index (κ1) is 11.1. The molecule has 0 saturated carbocycles. The minimum atomic E-state index is 0.00217. The van der Waals surface area contributed by atoms with Gasteiger partial charge in [0.25, 0.3) is 0 Å². The summed E-state index contributed by atoms with van der Waals surface area (Å²) < 4.78 is 0. The molecule has 0 fully saturated rings. The van der Waals surface area contributed by atoms with Crippen LogP contribution in [0.2, 0.25) is 0 Å². The minimum absolute atomic E-state index is 0.00217. The van der Waals surface area contributed by atoms with Crippen molar-refractivity contribution < 1.29 is 4.79 Å². The van der Waals surface area contributed by atoms with Gasteiger partial charge in [0.05, 0.1) is 0 Å². The molecule has 2 rings (SSSR count). The molecule has 0 aliphatic carbocycles. The quantitative estimate of drug-likeness (QED) is 0.844. The highest BCUT2D eigenvalue weighted by molar-refractivity contribution is 5.89. The Hall–Kier alpha value is -1.35. The van der Waals surface area contributed by atoms with Crippen molar-refractivity contribution in [2.24, 2.45) is 0 Å². The number of nitrogens with zero attached hydrogens (tertiary/aromatic N) is 1. The molecule has 1 aromatic rings. The van der Waals surface area contributed by atoms with Gasteiger partial charge in [0.2, 0.25) is 5.91 Å². The number of nitrogens with one attached hydrogen (secondary N) is 1. The van der Waals surface area contributed by atoms with E-state index in [9.17, 15) is 4.79 Å². The van der Waals surface area contributed by atoms with Gasteiger partial charge in [-0.1, -0.05) is 19.1 Å². The largest absolute Gasteiger partial charge is 0.326 e. The Morgan fingerprint density at radius 3 is 2.94 bits per heavy atom. The van der Waals surface area contributed by atoms with Crippen molar-refractivity contribution in [1.29, 1.82) is 0 Å². The standard InChI is InChI=1S/C13H18N2O/c1-3-7-15-8-11-5-4-6-13(12(11)9-15)14-10(2)16/h4-6H,3,7-9H2,1-2H3,(H,14,16). The summed E-state index contributed by atoms with van der Waals surface area (Å²) in [6, 6.07) is 6.14. The molecular weight excluding hydrogens is 200 g/mol. The smallest absolute Gasteiger partial charge is 0.221 e. The lowest BCUT2D eigenvalue weighted by Gasteiger charge is -2.12. The zero-order valence-electron chi connectivity index (χ0n) is 9.92. The third kappa shape index (κ3) is 2.25. The predicted molar refractivity (Wildman–Crippen MR) is 65.2 cm³/mol. The van der Waals surface area contributed by atoms with Crippen LogP contribution in [0.15, 0.2) is 18.2 Å². The fraction of sp³-hybridized carbons (Fsp3) is 0.462. The molecule has 3 nitrogen and oxygen atoms in total. The van der Waals surface area contributed by atoms with E-state index in [1.165, 1.54) is 17.5 Å². The van der Waals surface area contributed by atoms with E-state index in [0.29, 0.717) is 0 Å². The van der Waals surface area contributed by atoms with Gasteiger partial charge in [-0.05, 0) is 30.2 Å². The Morgan fingerprint density at radius 2 is 2.25 bits per heavy atom. The van der Waals surface area contributed by atoms with Crippen LogP contribution in [-0.2, 0) is 17.9 Å². The van der Waals surface area contributed by atoms with Gasteiger partial charge in [-0.15, -0.1) is 0 Å². The van der Waals surface area contributed by atoms with Gasteiger partial charge in [-0.25, -0.2) is 0 Å². The van der Waals surface area contributed by atoms with E-state index >= 15 is 0 Å². The lowest BCUT2D eigenvalue weighted by atomic mass is 10.1. The second-order valence-corrected chi connectivity index (χ2v) is 4.34. The topological polar surface area (TPSA) is 32.3 Å². The van der Waals surface area contributed by atoms with Crippen molar-refractivity contribution in [1.82, 2.24) is 4.90 Å². The minimum Gasteiger partial charge on any atom is -0.326 e. The van der Waals surface area contributed by atoms with E-state index < -0.39 is 0 Å². The number of hydrogen-bond donors (Lipinski definition) is 1. The molecule has 0 saturated heterocycles. The number of amides is 1. The number of carbonyl (C=O) groups excluding carboxylic acids is 1. The fourth-order valence-corrected chi connectivity index (χ4v) is 2.27. The predicted octanol–water partition coefficient (Wildman–Crippen LogP) is 2.37. The highest BCUT2D eigenvalue weighted by Gasteiger charge is 2.20. The van der Waals surface area contributed by atoms with Gasteiger partial charge in [0, 0.05) is 25.7 Å². The molecule has 3 heteroatoms. The van der Waals surface area contributed by atoms with Crippen LogP contribution in [-0.4, -0.2) is 17.4 Å². The Labute approximate surface area is 96.5 Å². The fourth-order valence-electron chi connectivity index (χ4n) is 2.27. The number of benzene rings is 1. The van der Waals surface area contributed by atoms with E-state index in [1.807, 2.05) is 12.1 Å². The average Bonchev–Trinajstić information content (AvgIpc) is 2.61. The lowest BCUT2D eigenvalue weighted by Crippen LogP contribution is -2.17. The van der Waals surface area contributed by atoms with Crippen molar-refractivity contribution in [3.8, 4) is 0 Å². The zero-order valence-corrected chi connectivity index (χ0v) is 9.92. The molecule has 1 aliphatic rings. The lowest BCUT2D eigenvalue weighted by molar-refractivity contribution is -0.114. The summed E-state index contributed by atoms with van der Waals surface area (Å²) in [5, 5.41) is 2.90. The van der Waals surface area contributed by atoms with Gasteiger partial charge in [-0.3, -0.25) is 9.69 Å². The van der Waals surface area contributed by atoms with Crippen LogP contribution < -0.4 is 5.32 Å². The molecule has 86 valence electrons. The van der Waals surface area contributed by atoms with Crippen molar-refractivity contribution in [2.45, 2.75) is 33.4 Å². The maximum absolute atomic E-state index is 11.1. The summed E-state index contributed by atoms with van der Waals surface area (Å²) in [5.74, 6) is 0.00217. The highest BCUT2D eigenvalue weighted by Crippen LogP contribution is 2.29. The number of anilines is 1. The number of hydrogen-bond acceptors (Lipinski definition) is 2. The molecule has 0 atom stereocenters. The van der Waals surface area contributed by atoms with E-state index in [0.717, 1.165) is 25.3 Å². The monoisotopic (exact) mass is 218 g/mol. The van der Waals surface area contributed by atoms with E-state index in [-0.39, 0.29) is 5.91 Å². The van der Waals surface area contributed by atoms with Crippen LogP contribution in [0.4, 0.5) is 5.69 Å². The first-order chi connectivity index (χ1) is 7.70. The highest BCUT2D eigenvalue weighted by atomic mass is 16.1. The normalized spacial score (nSPS) is 14.9.